The molecule has 2 aromatic rings. The lowest BCUT2D eigenvalue weighted by Crippen LogP contribution is -2.39. The molecule has 0 saturated carbocycles. The van der Waals surface area contributed by atoms with E-state index in [4.69, 9.17) is 4.74 Å². The molecule has 0 radical (unpaired) electrons. The van der Waals surface area contributed by atoms with E-state index in [1.54, 1.807) is 23.7 Å². The molecule has 144 valence electrons. The van der Waals surface area contributed by atoms with Gasteiger partial charge in [0.2, 0.25) is 0 Å². The molecule has 3 rings (SSSR count). The number of carbonyl (C=O) groups is 2. The van der Waals surface area contributed by atoms with Crippen LogP contribution in [0.25, 0.3) is 5.69 Å². The van der Waals surface area contributed by atoms with Crippen molar-refractivity contribution in [3.63, 3.8) is 0 Å². The molecule has 1 heterocycles. The predicted molar refractivity (Wildman–Crippen MR) is 98.3 cm³/mol. The van der Waals surface area contributed by atoms with Crippen molar-refractivity contribution in [3.05, 3.63) is 47.0 Å². The van der Waals surface area contributed by atoms with Crippen molar-refractivity contribution in [3.8, 4) is 5.69 Å². The van der Waals surface area contributed by atoms with Gasteiger partial charge >= 0.3 is 5.97 Å². The average molecular weight is 373 g/mol. The Morgan fingerprint density at radius 3 is 2.48 bits per heavy atom. The minimum Gasteiger partial charge on any atom is -0.448 e. The Kier molecular flexibility index (Phi) is 5.58. The Hall–Kier alpha value is -2.70. The summed E-state index contributed by atoms with van der Waals surface area (Å²) in [5.41, 5.74) is 2.73. The van der Waals surface area contributed by atoms with Crippen LogP contribution in [-0.4, -0.2) is 33.8 Å². The van der Waals surface area contributed by atoms with Crippen molar-refractivity contribution in [2.45, 2.75) is 58.6 Å². The number of hydrogen-bond acceptors (Lipinski definition) is 4. The van der Waals surface area contributed by atoms with E-state index in [1.807, 2.05) is 13.8 Å². The van der Waals surface area contributed by atoms with E-state index in [9.17, 15) is 14.0 Å². The molecule has 1 aromatic carbocycles. The molecule has 1 aliphatic rings. The van der Waals surface area contributed by atoms with E-state index in [0.29, 0.717) is 5.69 Å². The van der Waals surface area contributed by atoms with Crippen LogP contribution < -0.4 is 5.32 Å². The Morgan fingerprint density at radius 2 is 1.81 bits per heavy atom. The normalized spacial score (nSPS) is 14.6. The van der Waals surface area contributed by atoms with Gasteiger partial charge in [-0.05, 0) is 70.7 Å². The molecule has 0 bridgehead atoms. The SMILES string of the molecule is CC(C)NC(=O)C(C)OC(=O)c1nn(-c2ccc(F)cc2)c2c1CCCC2. The zero-order chi connectivity index (χ0) is 19.6. The first-order valence-corrected chi connectivity index (χ1v) is 9.25. The van der Waals surface area contributed by atoms with Gasteiger partial charge < -0.3 is 10.1 Å². The first-order valence-electron chi connectivity index (χ1n) is 9.25. The number of fused-ring (bicyclic) bond motifs is 1. The molecule has 0 saturated heterocycles. The number of amides is 1. The van der Waals surface area contributed by atoms with Crippen LogP contribution in [0, 0.1) is 5.82 Å². The molecular formula is C20H24FN3O3. The molecule has 1 atom stereocenters. The fraction of sp³-hybridized carbons (Fsp3) is 0.450. The highest BCUT2D eigenvalue weighted by atomic mass is 19.1. The van der Waals surface area contributed by atoms with Gasteiger partial charge in [0.25, 0.3) is 5.91 Å². The fourth-order valence-corrected chi connectivity index (χ4v) is 3.23. The largest absolute Gasteiger partial charge is 0.448 e. The number of nitrogens with zero attached hydrogens (tertiary/aromatic N) is 2. The summed E-state index contributed by atoms with van der Waals surface area (Å²) >= 11 is 0. The lowest BCUT2D eigenvalue weighted by atomic mass is 9.95. The van der Waals surface area contributed by atoms with Crippen molar-refractivity contribution in [1.82, 2.24) is 15.1 Å². The highest BCUT2D eigenvalue weighted by Gasteiger charge is 2.28. The maximum absolute atomic E-state index is 13.2. The molecular weight excluding hydrogens is 349 g/mol. The Bertz CT molecular complexity index is 843. The van der Waals surface area contributed by atoms with Crippen molar-refractivity contribution >= 4 is 11.9 Å². The maximum Gasteiger partial charge on any atom is 0.359 e. The smallest absolute Gasteiger partial charge is 0.359 e. The third kappa shape index (κ3) is 4.18. The van der Waals surface area contributed by atoms with Gasteiger partial charge in [0.15, 0.2) is 11.8 Å². The van der Waals surface area contributed by atoms with Crippen LogP contribution in [0.15, 0.2) is 24.3 Å². The fourth-order valence-electron chi connectivity index (χ4n) is 3.23. The molecule has 0 aliphatic heterocycles. The molecule has 27 heavy (non-hydrogen) atoms. The van der Waals surface area contributed by atoms with Crippen molar-refractivity contribution in [1.29, 1.82) is 0 Å². The Labute approximate surface area is 157 Å². The standard InChI is InChI=1S/C20H24FN3O3/c1-12(2)22-19(25)13(3)27-20(26)18-16-6-4-5-7-17(16)24(23-18)15-10-8-14(21)9-11-15/h8-13H,4-7H2,1-3H3,(H,22,25). The topological polar surface area (TPSA) is 73.2 Å². The van der Waals surface area contributed by atoms with Gasteiger partial charge in [-0.3, -0.25) is 4.79 Å². The summed E-state index contributed by atoms with van der Waals surface area (Å²) in [5.74, 6) is -1.28. The van der Waals surface area contributed by atoms with E-state index in [-0.39, 0.29) is 23.5 Å². The maximum atomic E-state index is 13.2. The first-order chi connectivity index (χ1) is 12.9. The van der Waals surface area contributed by atoms with Crippen LogP contribution in [0.3, 0.4) is 0 Å². The zero-order valence-corrected chi connectivity index (χ0v) is 15.8. The third-order valence-electron chi connectivity index (χ3n) is 4.53. The summed E-state index contributed by atoms with van der Waals surface area (Å²) in [5, 5.41) is 7.17. The lowest BCUT2D eigenvalue weighted by molar-refractivity contribution is -0.129. The predicted octanol–water partition coefficient (Wildman–Crippen LogP) is 2.96. The first kappa shape index (κ1) is 19.1. The molecule has 1 amide bonds. The van der Waals surface area contributed by atoms with E-state index in [1.165, 1.54) is 12.1 Å². The number of aromatic nitrogens is 2. The molecule has 1 N–H and O–H groups in total. The van der Waals surface area contributed by atoms with Crippen LogP contribution in [0.5, 0.6) is 0 Å². The van der Waals surface area contributed by atoms with E-state index in [0.717, 1.165) is 36.9 Å². The number of rotatable bonds is 5. The molecule has 0 spiro atoms. The second kappa shape index (κ2) is 7.90. The van der Waals surface area contributed by atoms with Crippen LogP contribution in [0.4, 0.5) is 4.39 Å². The molecule has 0 fully saturated rings. The van der Waals surface area contributed by atoms with Gasteiger partial charge in [-0.25, -0.2) is 13.9 Å². The van der Waals surface area contributed by atoms with Crippen LogP contribution in [0.2, 0.25) is 0 Å². The summed E-state index contributed by atoms with van der Waals surface area (Å²) in [4.78, 5) is 24.7. The van der Waals surface area contributed by atoms with Crippen LogP contribution in [-0.2, 0) is 22.4 Å². The number of benzene rings is 1. The number of carbonyl (C=O) groups excluding carboxylic acids is 2. The summed E-state index contributed by atoms with van der Waals surface area (Å²) in [6.07, 6.45) is 2.58. The summed E-state index contributed by atoms with van der Waals surface area (Å²) in [6.45, 7) is 5.22. The number of hydrogen-bond donors (Lipinski definition) is 1. The van der Waals surface area contributed by atoms with Gasteiger partial charge in [-0.15, -0.1) is 0 Å². The monoisotopic (exact) mass is 373 g/mol. The van der Waals surface area contributed by atoms with E-state index >= 15 is 0 Å². The highest BCUT2D eigenvalue weighted by Crippen LogP contribution is 2.27. The zero-order valence-electron chi connectivity index (χ0n) is 15.8. The van der Waals surface area contributed by atoms with Gasteiger partial charge in [0.1, 0.15) is 5.82 Å². The van der Waals surface area contributed by atoms with E-state index < -0.39 is 12.1 Å². The van der Waals surface area contributed by atoms with Crippen LogP contribution in [0.1, 0.15) is 55.4 Å². The van der Waals surface area contributed by atoms with Gasteiger partial charge in [-0.1, -0.05) is 0 Å². The van der Waals surface area contributed by atoms with Crippen LogP contribution >= 0.6 is 0 Å². The van der Waals surface area contributed by atoms with Gasteiger partial charge in [0.05, 0.1) is 5.69 Å². The number of ether oxygens (including phenoxy) is 1. The van der Waals surface area contributed by atoms with Crippen molar-refractivity contribution in [2.75, 3.05) is 0 Å². The summed E-state index contributed by atoms with van der Waals surface area (Å²) < 4.78 is 20.3. The summed E-state index contributed by atoms with van der Waals surface area (Å²) in [6, 6.07) is 5.95. The molecule has 1 aromatic heterocycles. The number of halogens is 1. The van der Waals surface area contributed by atoms with Crippen molar-refractivity contribution in [2.24, 2.45) is 0 Å². The minimum atomic E-state index is -0.907. The Balaban J connectivity index is 1.88. The quantitative estimate of drug-likeness (QED) is 0.818. The Morgan fingerprint density at radius 1 is 1.15 bits per heavy atom. The average Bonchev–Trinajstić information content (AvgIpc) is 3.01. The molecule has 1 unspecified atom stereocenters. The lowest BCUT2D eigenvalue weighted by Gasteiger charge is -2.16. The van der Waals surface area contributed by atoms with Gasteiger partial charge in [-0.2, -0.15) is 5.10 Å². The second-order valence-electron chi connectivity index (χ2n) is 7.08. The molecule has 7 heteroatoms. The van der Waals surface area contributed by atoms with Gasteiger partial charge in [0, 0.05) is 17.3 Å². The number of nitrogens with one attached hydrogen (secondary N) is 1. The third-order valence-corrected chi connectivity index (χ3v) is 4.53. The second-order valence-corrected chi connectivity index (χ2v) is 7.08. The van der Waals surface area contributed by atoms with Crippen molar-refractivity contribution < 1.29 is 18.7 Å². The molecule has 1 aliphatic carbocycles. The minimum absolute atomic E-state index is 0.0379. The summed E-state index contributed by atoms with van der Waals surface area (Å²) in [7, 11) is 0. The highest BCUT2D eigenvalue weighted by molar-refractivity contribution is 5.92. The molecule has 6 nitrogen and oxygen atoms in total. The number of esters is 1. The van der Waals surface area contributed by atoms with E-state index in [2.05, 4.69) is 10.4 Å².